The highest BCUT2D eigenvalue weighted by Crippen LogP contribution is 2.34. The average molecular weight is 338 g/mol. The van der Waals surface area contributed by atoms with Crippen molar-refractivity contribution in [3.8, 4) is 10.4 Å². The summed E-state index contributed by atoms with van der Waals surface area (Å²) in [5.41, 5.74) is 1.81. The van der Waals surface area contributed by atoms with Crippen molar-refractivity contribution in [2.75, 3.05) is 10.6 Å². The Kier molecular flexibility index (Phi) is 4.58. The van der Waals surface area contributed by atoms with Gasteiger partial charge in [0, 0.05) is 10.6 Å². The van der Waals surface area contributed by atoms with Crippen LogP contribution in [0, 0.1) is 0 Å². The SMILES string of the molecule is O=C(Nc1ccccc1)Nc1cc(-c2ccccc2)sc1C(=O)O. The fourth-order valence-corrected chi connectivity index (χ4v) is 3.15. The van der Waals surface area contributed by atoms with Crippen molar-refractivity contribution in [3.05, 3.63) is 71.6 Å². The predicted molar refractivity (Wildman–Crippen MR) is 95.8 cm³/mol. The van der Waals surface area contributed by atoms with Crippen LogP contribution in [0.5, 0.6) is 0 Å². The van der Waals surface area contributed by atoms with Crippen molar-refractivity contribution in [2.45, 2.75) is 0 Å². The van der Waals surface area contributed by atoms with E-state index in [1.54, 1.807) is 30.3 Å². The first-order valence-electron chi connectivity index (χ1n) is 7.19. The third-order valence-corrected chi connectivity index (χ3v) is 4.44. The van der Waals surface area contributed by atoms with Gasteiger partial charge in [0.15, 0.2) is 0 Å². The van der Waals surface area contributed by atoms with E-state index in [2.05, 4.69) is 10.6 Å². The zero-order chi connectivity index (χ0) is 16.9. The topological polar surface area (TPSA) is 78.4 Å². The Bertz CT molecular complexity index is 860. The minimum Gasteiger partial charge on any atom is -0.477 e. The van der Waals surface area contributed by atoms with Crippen LogP contribution in [-0.4, -0.2) is 17.1 Å². The van der Waals surface area contributed by atoms with Crippen LogP contribution in [0.15, 0.2) is 66.7 Å². The van der Waals surface area contributed by atoms with E-state index < -0.39 is 12.0 Å². The molecule has 0 bridgehead atoms. The van der Waals surface area contributed by atoms with Gasteiger partial charge in [0.25, 0.3) is 0 Å². The van der Waals surface area contributed by atoms with Crippen LogP contribution in [-0.2, 0) is 0 Å². The van der Waals surface area contributed by atoms with Gasteiger partial charge in [-0.05, 0) is 23.8 Å². The van der Waals surface area contributed by atoms with E-state index in [1.165, 1.54) is 0 Å². The van der Waals surface area contributed by atoms with Crippen LogP contribution in [0.25, 0.3) is 10.4 Å². The standard InChI is InChI=1S/C18H14N2O3S/c21-17(22)16-14(11-15(24-16)12-7-3-1-4-8-12)20-18(23)19-13-9-5-2-6-10-13/h1-11H,(H,21,22)(H2,19,20,23). The van der Waals surface area contributed by atoms with E-state index in [0.717, 1.165) is 21.8 Å². The Morgan fingerprint density at radius 2 is 1.50 bits per heavy atom. The molecule has 120 valence electrons. The molecule has 3 aromatic rings. The van der Waals surface area contributed by atoms with Crippen molar-refractivity contribution >= 4 is 34.7 Å². The van der Waals surface area contributed by atoms with Gasteiger partial charge in [-0.2, -0.15) is 0 Å². The van der Waals surface area contributed by atoms with E-state index >= 15 is 0 Å². The van der Waals surface area contributed by atoms with Gasteiger partial charge >= 0.3 is 12.0 Å². The van der Waals surface area contributed by atoms with E-state index in [9.17, 15) is 14.7 Å². The second kappa shape index (κ2) is 6.97. The maximum absolute atomic E-state index is 12.1. The molecule has 1 aromatic heterocycles. The predicted octanol–water partition coefficient (Wildman–Crippen LogP) is 4.76. The summed E-state index contributed by atoms with van der Waals surface area (Å²) in [6.45, 7) is 0. The second-order valence-electron chi connectivity index (χ2n) is 4.97. The Morgan fingerprint density at radius 3 is 2.12 bits per heavy atom. The summed E-state index contributed by atoms with van der Waals surface area (Å²) in [6.07, 6.45) is 0. The number of hydrogen-bond acceptors (Lipinski definition) is 3. The normalized spacial score (nSPS) is 10.2. The lowest BCUT2D eigenvalue weighted by molar-refractivity contribution is 0.0703. The summed E-state index contributed by atoms with van der Waals surface area (Å²) >= 11 is 1.13. The number of carbonyl (C=O) groups is 2. The first-order chi connectivity index (χ1) is 11.6. The van der Waals surface area contributed by atoms with E-state index in [1.807, 2.05) is 36.4 Å². The third kappa shape index (κ3) is 3.61. The number of nitrogens with one attached hydrogen (secondary N) is 2. The highest BCUT2D eigenvalue weighted by molar-refractivity contribution is 7.18. The van der Waals surface area contributed by atoms with Gasteiger partial charge in [-0.15, -0.1) is 11.3 Å². The van der Waals surface area contributed by atoms with Gasteiger partial charge in [-0.25, -0.2) is 9.59 Å². The molecule has 0 aliphatic heterocycles. The molecule has 1 heterocycles. The van der Waals surface area contributed by atoms with Crippen LogP contribution in [0.2, 0.25) is 0 Å². The molecule has 24 heavy (non-hydrogen) atoms. The van der Waals surface area contributed by atoms with Gasteiger partial charge in [-0.3, -0.25) is 0 Å². The largest absolute Gasteiger partial charge is 0.477 e. The molecule has 3 N–H and O–H groups in total. The molecule has 3 rings (SSSR count). The molecule has 0 spiro atoms. The fraction of sp³-hybridized carbons (Fsp3) is 0. The molecule has 0 aliphatic rings. The summed E-state index contributed by atoms with van der Waals surface area (Å²) in [4.78, 5) is 24.4. The van der Waals surface area contributed by atoms with Crippen LogP contribution in [0.1, 0.15) is 9.67 Å². The highest BCUT2D eigenvalue weighted by Gasteiger charge is 2.18. The smallest absolute Gasteiger partial charge is 0.348 e. The number of carbonyl (C=O) groups excluding carboxylic acids is 1. The zero-order valence-electron chi connectivity index (χ0n) is 12.5. The zero-order valence-corrected chi connectivity index (χ0v) is 13.3. The number of amides is 2. The maximum atomic E-state index is 12.1. The van der Waals surface area contributed by atoms with Crippen LogP contribution in [0.3, 0.4) is 0 Å². The lowest BCUT2D eigenvalue weighted by Crippen LogP contribution is -2.20. The van der Waals surface area contributed by atoms with Crippen molar-refractivity contribution in [2.24, 2.45) is 0 Å². The number of hydrogen-bond donors (Lipinski definition) is 3. The maximum Gasteiger partial charge on any atom is 0.348 e. The molecule has 5 nitrogen and oxygen atoms in total. The summed E-state index contributed by atoms with van der Waals surface area (Å²) < 4.78 is 0. The number of carboxylic acid groups (broad SMARTS) is 1. The van der Waals surface area contributed by atoms with Crippen molar-refractivity contribution in [1.29, 1.82) is 0 Å². The van der Waals surface area contributed by atoms with E-state index in [0.29, 0.717) is 5.69 Å². The first kappa shape index (κ1) is 15.8. The van der Waals surface area contributed by atoms with Gasteiger partial charge in [-0.1, -0.05) is 48.5 Å². The van der Waals surface area contributed by atoms with Crippen molar-refractivity contribution in [3.63, 3.8) is 0 Å². The number of carboxylic acids is 1. The monoisotopic (exact) mass is 338 g/mol. The number of benzene rings is 2. The Labute approximate surface area is 142 Å². The third-order valence-electron chi connectivity index (χ3n) is 3.26. The molecule has 2 amide bonds. The molecule has 0 unspecified atom stereocenters. The lowest BCUT2D eigenvalue weighted by Gasteiger charge is -2.06. The minimum absolute atomic E-state index is 0.0945. The van der Waals surface area contributed by atoms with Crippen LogP contribution in [0.4, 0.5) is 16.2 Å². The summed E-state index contributed by atoms with van der Waals surface area (Å²) in [5, 5.41) is 14.6. The first-order valence-corrected chi connectivity index (χ1v) is 8.01. The van der Waals surface area contributed by atoms with E-state index in [-0.39, 0.29) is 10.6 Å². The van der Waals surface area contributed by atoms with Crippen molar-refractivity contribution in [1.82, 2.24) is 0 Å². The van der Waals surface area contributed by atoms with Gasteiger partial charge in [0.2, 0.25) is 0 Å². The molecule has 0 fully saturated rings. The van der Waals surface area contributed by atoms with Crippen LogP contribution < -0.4 is 10.6 Å². The number of aromatic carboxylic acids is 1. The van der Waals surface area contributed by atoms with Gasteiger partial charge < -0.3 is 15.7 Å². The number of thiophene rings is 1. The molecule has 6 heteroatoms. The molecular formula is C18H14N2O3S. The molecule has 0 saturated carbocycles. The molecular weight excluding hydrogens is 324 g/mol. The Morgan fingerprint density at radius 1 is 0.875 bits per heavy atom. The Hall–Kier alpha value is -3.12. The molecule has 0 radical (unpaired) electrons. The molecule has 2 aromatic carbocycles. The second-order valence-corrected chi connectivity index (χ2v) is 6.02. The summed E-state index contributed by atoms with van der Waals surface area (Å²) in [5.74, 6) is -1.07. The summed E-state index contributed by atoms with van der Waals surface area (Å²) in [7, 11) is 0. The number of para-hydroxylation sites is 1. The Balaban J connectivity index is 1.83. The quantitative estimate of drug-likeness (QED) is 0.642. The molecule has 0 atom stereocenters. The highest BCUT2D eigenvalue weighted by atomic mass is 32.1. The van der Waals surface area contributed by atoms with Gasteiger partial charge in [0.1, 0.15) is 4.88 Å². The summed E-state index contributed by atoms with van der Waals surface area (Å²) in [6, 6.07) is 19.6. The van der Waals surface area contributed by atoms with E-state index in [4.69, 9.17) is 0 Å². The molecule has 0 saturated heterocycles. The number of rotatable bonds is 4. The number of urea groups is 1. The fourth-order valence-electron chi connectivity index (χ4n) is 2.19. The van der Waals surface area contributed by atoms with Gasteiger partial charge in [0.05, 0.1) is 5.69 Å². The lowest BCUT2D eigenvalue weighted by atomic mass is 10.2. The average Bonchev–Trinajstić information content (AvgIpc) is 3.00. The van der Waals surface area contributed by atoms with Crippen LogP contribution >= 0.6 is 11.3 Å². The minimum atomic E-state index is -1.07. The number of anilines is 2. The molecule has 0 aliphatic carbocycles. The van der Waals surface area contributed by atoms with Crippen molar-refractivity contribution < 1.29 is 14.7 Å².